The van der Waals surface area contributed by atoms with Gasteiger partial charge in [0.25, 0.3) is 0 Å². The Bertz CT molecular complexity index is 702. The van der Waals surface area contributed by atoms with Crippen molar-refractivity contribution < 1.29 is 0 Å². The second kappa shape index (κ2) is 6.20. The summed E-state index contributed by atoms with van der Waals surface area (Å²) in [7, 11) is 1.96. The zero-order chi connectivity index (χ0) is 14.7. The van der Waals surface area contributed by atoms with Crippen LogP contribution in [0.25, 0.3) is 21.7 Å². The molecule has 0 aliphatic heterocycles. The molecule has 1 atom stereocenters. The molecule has 0 saturated heterocycles. The molecule has 0 aliphatic rings. The normalized spacial score (nSPS) is 12.3. The van der Waals surface area contributed by atoms with Gasteiger partial charge in [-0.15, -0.1) is 11.3 Å². The lowest BCUT2D eigenvalue weighted by atomic mass is 10.0. The van der Waals surface area contributed by atoms with Crippen molar-refractivity contribution in [3.05, 3.63) is 65.7 Å². The van der Waals surface area contributed by atoms with Crippen LogP contribution < -0.4 is 5.32 Å². The van der Waals surface area contributed by atoms with E-state index in [1.807, 2.05) is 13.1 Å². The molecule has 0 saturated carbocycles. The van der Waals surface area contributed by atoms with E-state index < -0.39 is 0 Å². The highest BCUT2D eigenvalue weighted by atomic mass is 32.1. The van der Waals surface area contributed by atoms with Crippen molar-refractivity contribution in [2.45, 2.75) is 13.0 Å². The summed E-state index contributed by atoms with van der Waals surface area (Å²) >= 11 is 1.70. The van der Waals surface area contributed by atoms with Crippen LogP contribution in [0.3, 0.4) is 0 Å². The number of aromatic nitrogens is 1. The predicted octanol–water partition coefficient (Wildman–Crippen LogP) is 4.76. The van der Waals surface area contributed by atoms with Gasteiger partial charge in [-0.3, -0.25) is 0 Å². The Morgan fingerprint density at radius 1 is 0.905 bits per heavy atom. The molecule has 106 valence electrons. The first-order valence-corrected chi connectivity index (χ1v) is 7.94. The highest BCUT2D eigenvalue weighted by molar-refractivity contribution is 7.13. The first-order valence-electron chi connectivity index (χ1n) is 7.06. The first-order chi connectivity index (χ1) is 10.3. The monoisotopic (exact) mass is 294 g/mol. The SMILES string of the molecule is CNC(C)c1csc(-c2ccc(-c3ccccc3)cc2)n1. The number of benzene rings is 2. The van der Waals surface area contributed by atoms with Gasteiger partial charge in [0.2, 0.25) is 0 Å². The zero-order valence-corrected chi connectivity index (χ0v) is 13.0. The van der Waals surface area contributed by atoms with Crippen LogP contribution in [0, 0.1) is 0 Å². The van der Waals surface area contributed by atoms with Crippen molar-refractivity contribution in [2.75, 3.05) is 7.05 Å². The minimum atomic E-state index is 0.290. The number of nitrogens with zero attached hydrogens (tertiary/aromatic N) is 1. The van der Waals surface area contributed by atoms with E-state index in [1.165, 1.54) is 16.7 Å². The van der Waals surface area contributed by atoms with E-state index in [2.05, 4.69) is 66.2 Å². The van der Waals surface area contributed by atoms with E-state index in [9.17, 15) is 0 Å². The fourth-order valence-electron chi connectivity index (χ4n) is 2.20. The van der Waals surface area contributed by atoms with E-state index >= 15 is 0 Å². The highest BCUT2D eigenvalue weighted by Crippen LogP contribution is 2.28. The molecular weight excluding hydrogens is 276 g/mol. The molecule has 0 fully saturated rings. The molecule has 2 aromatic carbocycles. The molecule has 1 aromatic heterocycles. The van der Waals surface area contributed by atoms with Gasteiger partial charge in [0.15, 0.2) is 0 Å². The smallest absolute Gasteiger partial charge is 0.123 e. The van der Waals surface area contributed by atoms with Crippen LogP contribution in [0.15, 0.2) is 60.0 Å². The Hall–Kier alpha value is -1.97. The summed E-state index contributed by atoms with van der Waals surface area (Å²) in [5.41, 5.74) is 4.76. The molecule has 0 aliphatic carbocycles. The molecule has 3 rings (SSSR count). The lowest BCUT2D eigenvalue weighted by molar-refractivity contribution is 0.637. The largest absolute Gasteiger partial charge is 0.312 e. The average Bonchev–Trinajstić information content (AvgIpc) is 3.05. The van der Waals surface area contributed by atoms with Gasteiger partial charge in [-0.2, -0.15) is 0 Å². The Balaban J connectivity index is 1.86. The van der Waals surface area contributed by atoms with Crippen molar-refractivity contribution in [1.82, 2.24) is 10.3 Å². The van der Waals surface area contributed by atoms with Crippen molar-refractivity contribution in [3.63, 3.8) is 0 Å². The maximum absolute atomic E-state index is 4.71. The second-order valence-corrected chi connectivity index (χ2v) is 5.89. The predicted molar refractivity (Wildman–Crippen MR) is 90.5 cm³/mol. The lowest BCUT2D eigenvalue weighted by Crippen LogP contribution is -2.12. The van der Waals surface area contributed by atoms with Crippen LogP contribution in [-0.2, 0) is 0 Å². The number of nitrogens with one attached hydrogen (secondary N) is 1. The van der Waals surface area contributed by atoms with E-state index in [0.29, 0.717) is 6.04 Å². The Labute approximate surface area is 129 Å². The summed E-state index contributed by atoms with van der Waals surface area (Å²) < 4.78 is 0. The molecule has 1 heterocycles. The van der Waals surface area contributed by atoms with Gasteiger partial charge in [0.1, 0.15) is 5.01 Å². The third-order valence-corrected chi connectivity index (χ3v) is 4.55. The van der Waals surface area contributed by atoms with Gasteiger partial charge >= 0.3 is 0 Å². The molecule has 21 heavy (non-hydrogen) atoms. The maximum atomic E-state index is 4.71. The topological polar surface area (TPSA) is 24.9 Å². The second-order valence-electron chi connectivity index (χ2n) is 5.03. The summed E-state index contributed by atoms with van der Waals surface area (Å²) in [6.07, 6.45) is 0. The molecule has 2 nitrogen and oxygen atoms in total. The summed E-state index contributed by atoms with van der Waals surface area (Å²) in [6.45, 7) is 2.12. The quantitative estimate of drug-likeness (QED) is 0.750. The molecule has 0 spiro atoms. The minimum Gasteiger partial charge on any atom is -0.312 e. The fraction of sp³-hybridized carbons (Fsp3) is 0.167. The summed E-state index contributed by atoms with van der Waals surface area (Å²) in [5.74, 6) is 0. The van der Waals surface area contributed by atoms with Gasteiger partial charge in [0, 0.05) is 17.0 Å². The van der Waals surface area contributed by atoms with Crippen molar-refractivity contribution in [1.29, 1.82) is 0 Å². The Morgan fingerprint density at radius 3 is 2.19 bits per heavy atom. The van der Waals surface area contributed by atoms with Crippen LogP contribution in [0.4, 0.5) is 0 Å². The summed E-state index contributed by atoms with van der Waals surface area (Å²) in [4.78, 5) is 4.71. The van der Waals surface area contributed by atoms with Crippen LogP contribution in [-0.4, -0.2) is 12.0 Å². The average molecular weight is 294 g/mol. The zero-order valence-electron chi connectivity index (χ0n) is 12.2. The summed E-state index contributed by atoms with van der Waals surface area (Å²) in [5, 5.41) is 6.42. The Morgan fingerprint density at radius 2 is 1.52 bits per heavy atom. The number of thiazole rings is 1. The van der Waals surface area contributed by atoms with Gasteiger partial charge < -0.3 is 5.32 Å². The molecule has 0 amide bonds. The number of rotatable bonds is 4. The third-order valence-electron chi connectivity index (χ3n) is 3.64. The number of hydrogen-bond acceptors (Lipinski definition) is 3. The number of hydrogen-bond donors (Lipinski definition) is 1. The van der Waals surface area contributed by atoms with E-state index in [0.717, 1.165) is 10.7 Å². The van der Waals surface area contributed by atoms with Crippen molar-refractivity contribution in [2.24, 2.45) is 0 Å². The summed E-state index contributed by atoms with van der Waals surface area (Å²) in [6, 6.07) is 19.3. The van der Waals surface area contributed by atoms with Crippen LogP contribution >= 0.6 is 11.3 Å². The third kappa shape index (κ3) is 3.04. The van der Waals surface area contributed by atoms with Gasteiger partial charge in [-0.05, 0) is 25.1 Å². The molecule has 1 unspecified atom stereocenters. The van der Waals surface area contributed by atoms with Gasteiger partial charge in [0.05, 0.1) is 5.69 Å². The Kier molecular flexibility index (Phi) is 4.13. The van der Waals surface area contributed by atoms with E-state index in [4.69, 9.17) is 4.98 Å². The molecule has 3 heteroatoms. The van der Waals surface area contributed by atoms with Crippen LogP contribution in [0.2, 0.25) is 0 Å². The van der Waals surface area contributed by atoms with Crippen LogP contribution in [0.1, 0.15) is 18.7 Å². The lowest BCUT2D eigenvalue weighted by Gasteiger charge is -2.05. The minimum absolute atomic E-state index is 0.290. The molecule has 3 aromatic rings. The molecule has 0 bridgehead atoms. The molecule has 0 radical (unpaired) electrons. The van der Waals surface area contributed by atoms with E-state index in [1.54, 1.807) is 11.3 Å². The van der Waals surface area contributed by atoms with Crippen molar-refractivity contribution >= 4 is 11.3 Å². The van der Waals surface area contributed by atoms with Gasteiger partial charge in [-0.1, -0.05) is 54.6 Å². The maximum Gasteiger partial charge on any atom is 0.123 e. The van der Waals surface area contributed by atoms with Crippen molar-refractivity contribution in [3.8, 4) is 21.7 Å². The van der Waals surface area contributed by atoms with Gasteiger partial charge in [-0.25, -0.2) is 4.98 Å². The van der Waals surface area contributed by atoms with Crippen LogP contribution in [0.5, 0.6) is 0 Å². The van der Waals surface area contributed by atoms with E-state index in [-0.39, 0.29) is 0 Å². The molecule has 1 N–H and O–H groups in total. The molecular formula is C18H18N2S. The first kappa shape index (κ1) is 14.0. The standard InChI is InChI=1S/C18H18N2S/c1-13(19-2)17-12-21-18(20-17)16-10-8-15(9-11-16)14-6-4-3-5-7-14/h3-13,19H,1-2H3. The highest BCUT2D eigenvalue weighted by Gasteiger charge is 2.09. The fourth-order valence-corrected chi connectivity index (χ4v) is 3.12.